The maximum Gasteiger partial charge on any atom is 0.408 e. The molecule has 0 heterocycles. The van der Waals surface area contributed by atoms with E-state index in [4.69, 9.17) is 4.74 Å². The lowest BCUT2D eigenvalue weighted by atomic mass is 9.98. The lowest BCUT2D eigenvalue weighted by Crippen LogP contribution is -2.49. The van der Waals surface area contributed by atoms with Crippen LogP contribution in [0.4, 0.5) is 4.79 Å². The molecular formula is C25H39N3O4. The van der Waals surface area contributed by atoms with Crippen molar-refractivity contribution in [3.8, 4) is 0 Å². The van der Waals surface area contributed by atoms with Crippen LogP contribution < -0.4 is 10.6 Å². The van der Waals surface area contributed by atoms with E-state index in [1.54, 1.807) is 25.7 Å². The van der Waals surface area contributed by atoms with Gasteiger partial charge in [0.25, 0.3) is 0 Å². The fraction of sp³-hybridized carbons (Fsp3) is 0.640. The Morgan fingerprint density at radius 1 is 1.06 bits per heavy atom. The lowest BCUT2D eigenvalue weighted by Gasteiger charge is -2.32. The zero-order valence-corrected chi connectivity index (χ0v) is 20.4. The van der Waals surface area contributed by atoms with Gasteiger partial charge in [0.1, 0.15) is 18.2 Å². The van der Waals surface area contributed by atoms with Crippen LogP contribution in [0.15, 0.2) is 18.2 Å². The summed E-state index contributed by atoms with van der Waals surface area (Å²) >= 11 is 0. The molecule has 0 radical (unpaired) electrons. The van der Waals surface area contributed by atoms with Crippen LogP contribution in [-0.4, -0.2) is 47.5 Å². The van der Waals surface area contributed by atoms with Gasteiger partial charge in [-0.25, -0.2) is 4.79 Å². The van der Waals surface area contributed by atoms with Gasteiger partial charge in [0.2, 0.25) is 11.8 Å². The van der Waals surface area contributed by atoms with Crippen LogP contribution in [0.5, 0.6) is 0 Å². The molecule has 0 saturated heterocycles. The predicted molar refractivity (Wildman–Crippen MR) is 125 cm³/mol. The Hall–Kier alpha value is -2.57. The summed E-state index contributed by atoms with van der Waals surface area (Å²) in [6.07, 6.45) is 4.07. The molecule has 32 heavy (non-hydrogen) atoms. The normalized spacial score (nSPS) is 14.4. The van der Waals surface area contributed by atoms with Crippen LogP contribution in [0.3, 0.4) is 0 Å². The summed E-state index contributed by atoms with van der Waals surface area (Å²) in [5.74, 6) is -0.463. The molecule has 2 rings (SSSR count). The Morgan fingerprint density at radius 3 is 2.22 bits per heavy atom. The molecule has 0 bridgehead atoms. The third-order valence-electron chi connectivity index (χ3n) is 5.18. The second-order valence-electron chi connectivity index (χ2n) is 9.71. The molecule has 1 atom stereocenters. The molecule has 1 aliphatic carbocycles. The fourth-order valence-corrected chi connectivity index (χ4v) is 3.75. The molecule has 3 amide bonds. The van der Waals surface area contributed by atoms with Crippen LogP contribution in [0.1, 0.15) is 82.5 Å². The minimum atomic E-state index is -0.726. The van der Waals surface area contributed by atoms with E-state index in [0.717, 1.165) is 48.8 Å². The van der Waals surface area contributed by atoms with Crippen molar-refractivity contribution in [2.45, 2.75) is 91.3 Å². The molecule has 1 aromatic carbocycles. The van der Waals surface area contributed by atoms with E-state index in [-0.39, 0.29) is 24.4 Å². The van der Waals surface area contributed by atoms with Gasteiger partial charge in [0.05, 0.1) is 0 Å². The van der Waals surface area contributed by atoms with Crippen molar-refractivity contribution in [1.29, 1.82) is 0 Å². The topological polar surface area (TPSA) is 87.7 Å². The number of hydrogen-bond acceptors (Lipinski definition) is 4. The summed E-state index contributed by atoms with van der Waals surface area (Å²) in [6.45, 7) is 11.8. The van der Waals surface area contributed by atoms with Crippen molar-refractivity contribution in [3.05, 3.63) is 34.9 Å². The highest BCUT2D eigenvalue weighted by atomic mass is 16.6. The summed E-state index contributed by atoms with van der Waals surface area (Å²) in [4.78, 5) is 40.3. The molecule has 2 N–H and O–H groups in total. The van der Waals surface area contributed by atoms with Gasteiger partial charge in [0.15, 0.2) is 0 Å². The zero-order valence-electron chi connectivity index (χ0n) is 20.4. The average molecular weight is 446 g/mol. The maximum atomic E-state index is 13.3. The SMILES string of the molecule is CCCCCNC(=O)C(c1cc(C)cc(C)c1)N(C(=O)CNC(=O)OC(C)(C)C)C1CC1. The molecule has 1 unspecified atom stereocenters. The second kappa shape index (κ2) is 11.3. The number of hydrogen-bond donors (Lipinski definition) is 2. The van der Waals surface area contributed by atoms with Gasteiger partial charge in [-0.2, -0.15) is 0 Å². The minimum absolute atomic E-state index is 0.00449. The largest absolute Gasteiger partial charge is 0.444 e. The molecule has 1 aromatic rings. The number of nitrogens with zero attached hydrogens (tertiary/aromatic N) is 1. The number of carbonyl (C=O) groups excluding carboxylic acids is 3. The van der Waals surface area contributed by atoms with E-state index >= 15 is 0 Å². The number of ether oxygens (including phenoxy) is 1. The molecule has 178 valence electrons. The van der Waals surface area contributed by atoms with Gasteiger partial charge >= 0.3 is 6.09 Å². The molecule has 1 saturated carbocycles. The first-order valence-corrected chi connectivity index (χ1v) is 11.7. The second-order valence-corrected chi connectivity index (χ2v) is 9.71. The minimum Gasteiger partial charge on any atom is -0.444 e. The van der Waals surface area contributed by atoms with Crippen molar-refractivity contribution >= 4 is 17.9 Å². The van der Waals surface area contributed by atoms with Gasteiger partial charge in [0, 0.05) is 12.6 Å². The Bertz CT molecular complexity index is 792. The number of amides is 3. The van der Waals surface area contributed by atoms with Gasteiger partial charge in [-0.3, -0.25) is 9.59 Å². The van der Waals surface area contributed by atoms with E-state index in [1.165, 1.54) is 0 Å². The highest BCUT2D eigenvalue weighted by molar-refractivity contribution is 5.91. The number of unbranched alkanes of at least 4 members (excludes halogenated alkanes) is 2. The summed E-state index contributed by atoms with van der Waals surface area (Å²) in [5.41, 5.74) is 2.23. The standard InChI is InChI=1S/C25H39N3O4/c1-7-8-9-12-26-23(30)22(19-14-17(2)13-18(3)15-19)28(20-10-11-20)21(29)16-27-24(31)32-25(4,5)6/h13-15,20,22H,7-12,16H2,1-6H3,(H,26,30)(H,27,31). The van der Waals surface area contributed by atoms with Crippen LogP contribution >= 0.6 is 0 Å². The third kappa shape index (κ3) is 8.17. The highest BCUT2D eigenvalue weighted by Crippen LogP contribution is 2.35. The number of nitrogens with one attached hydrogen (secondary N) is 2. The first-order chi connectivity index (χ1) is 15.0. The number of aryl methyl sites for hydroxylation is 2. The first-order valence-electron chi connectivity index (χ1n) is 11.7. The number of benzene rings is 1. The highest BCUT2D eigenvalue weighted by Gasteiger charge is 2.41. The van der Waals surface area contributed by atoms with Crippen LogP contribution in [0.25, 0.3) is 0 Å². The van der Waals surface area contributed by atoms with Crippen LogP contribution in [0.2, 0.25) is 0 Å². The molecule has 0 aromatic heterocycles. The van der Waals surface area contributed by atoms with E-state index in [1.807, 2.05) is 32.0 Å². The Kier molecular flexibility index (Phi) is 9.10. The van der Waals surface area contributed by atoms with Gasteiger partial charge in [-0.15, -0.1) is 0 Å². The molecule has 7 heteroatoms. The average Bonchev–Trinajstić information content (AvgIpc) is 3.50. The summed E-state index contributed by atoms with van der Waals surface area (Å²) < 4.78 is 5.24. The molecule has 7 nitrogen and oxygen atoms in total. The number of rotatable bonds is 10. The Labute approximate surface area is 192 Å². The predicted octanol–water partition coefficient (Wildman–Crippen LogP) is 4.17. The Morgan fingerprint density at radius 2 is 1.69 bits per heavy atom. The van der Waals surface area contributed by atoms with E-state index in [2.05, 4.69) is 17.6 Å². The summed E-state index contributed by atoms with van der Waals surface area (Å²) in [7, 11) is 0. The van der Waals surface area contributed by atoms with Crippen molar-refractivity contribution in [2.24, 2.45) is 0 Å². The summed E-state index contributed by atoms with van der Waals surface area (Å²) in [6, 6.07) is 5.25. The van der Waals surface area contributed by atoms with Crippen LogP contribution in [-0.2, 0) is 14.3 Å². The Balaban J connectivity index is 2.24. The zero-order chi connectivity index (χ0) is 23.9. The fourth-order valence-electron chi connectivity index (χ4n) is 3.75. The van der Waals surface area contributed by atoms with Gasteiger partial charge < -0.3 is 20.3 Å². The van der Waals surface area contributed by atoms with Crippen molar-refractivity contribution in [2.75, 3.05) is 13.1 Å². The summed E-state index contributed by atoms with van der Waals surface area (Å²) in [5, 5.41) is 5.57. The maximum absolute atomic E-state index is 13.3. The van der Waals surface area contributed by atoms with E-state index in [0.29, 0.717) is 6.54 Å². The molecule has 1 fully saturated rings. The van der Waals surface area contributed by atoms with Gasteiger partial charge in [-0.05, 0) is 59.4 Å². The van der Waals surface area contributed by atoms with Crippen molar-refractivity contribution in [3.63, 3.8) is 0 Å². The smallest absolute Gasteiger partial charge is 0.408 e. The lowest BCUT2D eigenvalue weighted by molar-refractivity contribution is -0.140. The van der Waals surface area contributed by atoms with E-state index in [9.17, 15) is 14.4 Å². The van der Waals surface area contributed by atoms with Gasteiger partial charge in [-0.1, -0.05) is 49.1 Å². The van der Waals surface area contributed by atoms with Crippen molar-refractivity contribution in [1.82, 2.24) is 15.5 Å². The molecule has 0 aliphatic heterocycles. The molecule has 0 spiro atoms. The number of carbonyl (C=O) groups is 3. The van der Waals surface area contributed by atoms with E-state index < -0.39 is 17.7 Å². The third-order valence-corrected chi connectivity index (χ3v) is 5.18. The molecule has 1 aliphatic rings. The number of alkyl carbamates (subject to hydrolysis) is 1. The quantitative estimate of drug-likeness (QED) is 0.529. The van der Waals surface area contributed by atoms with Crippen molar-refractivity contribution < 1.29 is 19.1 Å². The first kappa shape index (κ1) is 25.7. The van der Waals surface area contributed by atoms with Crippen LogP contribution in [0, 0.1) is 13.8 Å². The monoisotopic (exact) mass is 445 g/mol. The molecular weight excluding hydrogens is 406 g/mol.